The van der Waals surface area contributed by atoms with Crippen molar-refractivity contribution in [3.8, 4) is 22.3 Å². The van der Waals surface area contributed by atoms with Crippen LogP contribution >= 0.6 is 22.7 Å². The van der Waals surface area contributed by atoms with Crippen molar-refractivity contribution < 1.29 is 4.79 Å². The molecule has 0 aliphatic heterocycles. The molecule has 0 atom stereocenters. The lowest BCUT2D eigenvalue weighted by atomic mass is 9.98. The zero-order chi connectivity index (χ0) is 21.3. The lowest BCUT2D eigenvalue weighted by molar-refractivity contribution is 0.104. The molecule has 152 valence electrons. The summed E-state index contributed by atoms with van der Waals surface area (Å²) in [6, 6.07) is 20.6. The smallest absolute Gasteiger partial charge is 0.214 e. The lowest BCUT2D eigenvalue weighted by Gasteiger charge is -2.18. The van der Waals surface area contributed by atoms with Crippen molar-refractivity contribution >= 4 is 39.8 Å². The zero-order valence-corrected chi connectivity index (χ0v) is 19.2. The lowest BCUT2D eigenvalue weighted by Crippen LogP contribution is -2.11. The number of carbonyl (C=O) groups is 1. The number of carbonyl (C=O) groups excluding carboxylic acids is 1. The maximum Gasteiger partial charge on any atom is 0.214 e. The summed E-state index contributed by atoms with van der Waals surface area (Å²) in [5.74, 6) is 0.0899. The number of anilines is 2. The molecular weight excluding hydrogens is 408 g/mol. The molecule has 0 saturated carbocycles. The highest BCUT2D eigenvalue weighted by Crippen LogP contribution is 2.40. The molecule has 0 radical (unpaired) electrons. The second-order valence-electron chi connectivity index (χ2n) is 7.48. The third kappa shape index (κ3) is 3.66. The van der Waals surface area contributed by atoms with Gasteiger partial charge < -0.3 is 9.80 Å². The molecule has 0 bridgehead atoms. The standard InChI is InChI=1S/C25H24N2OS2/c1-26(2)21-11-7-5-9-17(21)19-13-15-29-24(19)23(28)25-20(14-16-30-25)18-10-6-8-12-22(18)27(3)4/h5-16H,1-4H3. The fourth-order valence-electron chi connectivity index (χ4n) is 3.68. The molecule has 2 heterocycles. The van der Waals surface area contributed by atoms with Crippen LogP contribution in [0.3, 0.4) is 0 Å². The number of thiophene rings is 2. The fourth-order valence-corrected chi connectivity index (χ4v) is 5.45. The number of ketones is 1. The minimum Gasteiger partial charge on any atom is -0.377 e. The third-order valence-electron chi connectivity index (χ3n) is 5.09. The summed E-state index contributed by atoms with van der Waals surface area (Å²) in [5, 5.41) is 4.02. The highest BCUT2D eigenvalue weighted by atomic mass is 32.1. The molecule has 4 aromatic rings. The summed E-state index contributed by atoms with van der Waals surface area (Å²) in [6.45, 7) is 0. The van der Waals surface area contributed by atoms with E-state index < -0.39 is 0 Å². The van der Waals surface area contributed by atoms with E-state index in [9.17, 15) is 4.79 Å². The van der Waals surface area contributed by atoms with E-state index >= 15 is 0 Å². The van der Waals surface area contributed by atoms with Gasteiger partial charge >= 0.3 is 0 Å². The van der Waals surface area contributed by atoms with Crippen LogP contribution in [-0.2, 0) is 0 Å². The summed E-state index contributed by atoms with van der Waals surface area (Å²) < 4.78 is 0. The van der Waals surface area contributed by atoms with Crippen LogP contribution in [0.2, 0.25) is 0 Å². The Morgan fingerprint density at radius 1 is 0.600 bits per heavy atom. The molecule has 3 nitrogen and oxygen atoms in total. The molecule has 0 spiro atoms. The Bertz CT molecular complexity index is 1100. The summed E-state index contributed by atoms with van der Waals surface area (Å²) in [4.78, 5) is 19.5. The Morgan fingerprint density at radius 3 is 1.40 bits per heavy atom. The molecule has 2 aromatic heterocycles. The van der Waals surface area contributed by atoms with Crippen LogP contribution in [0, 0.1) is 0 Å². The van der Waals surface area contributed by atoms with Gasteiger partial charge in [0.2, 0.25) is 5.78 Å². The van der Waals surface area contributed by atoms with E-state index in [0.29, 0.717) is 0 Å². The van der Waals surface area contributed by atoms with Crippen molar-refractivity contribution in [1.82, 2.24) is 0 Å². The topological polar surface area (TPSA) is 23.6 Å². The second kappa shape index (κ2) is 8.46. The fraction of sp³-hybridized carbons (Fsp3) is 0.160. The van der Waals surface area contributed by atoms with Crippen LogP contribution in [0.25, 0.3) is 22.3 Å². The van der Waals surface area contributed by atoms with Gasteiger partial charge in [-0.05, 0) is 35.0 Å². The highest BCUT2D eigenvalue weighted by molar-refractivity contribution is 7.16. The predicted octanol–water partition coefficient (Wildman–Crippen LogP) is 6.51. The van der Waals surface area contributed by atoms with Crippen LogP contribution in [0.5, 0.6) is 0 Å². The van der Waals surface area contributed by atoms with Gasteiger partial charge in [0.25, 0.3) is 0 Å². The highest BCUT2D eigenvalue weighted by Gasteiger charge is 2.23. The zero-order valence-electron chi connectivity index (χ0n) is 17.5. The molecule has 5 heteroatoms. The van der Waals surface area contributed by atoms with Crippen molar-refractivity contribution in [2.45, 2.75) is 0 Å². The molecular formula is C25H24N2OS2. The van der Waals surface area contributed by atoms with Crippen molar-refractivity contribution in [3.05, 3.63) is 81.2 Å². The minimum absolute atomic E-state index is 0.0899. The molecule has 0 aliphatic rings. The summed E-state index contributed by atoms with van der Waals surface area (Å²) in [7, 11) is 8.12. The Balaban J connectivity index is 1.81. The van der Waals surface area contributed by atoms with E-state index in [0.717, 1.165) is 43.4 Å². The van der Waals surface area contributed by atoms with Crippen molar-refractivity contribution in [2.24, 2.45) is 0 Å². The van der Waals surface area contributed by atoms with Crippen molar-refractivity contribution in [1.29, 1.82) is 0 Å². The first-order valence-corrected chi connectivity index (χ1v) is 11.5. The Kier molecular flexibility index (Phi) is 5.75. The molecule has 0 saturated heterocycles. The van der Waals surface area contributed by atoms with E-state index in [-0.39, 0.29) is 5.78 Å². The van der Waals surface area contributed by atoms with Gasteiger partial charge in [-0.2, -0.15) is 0 Å². The van der Waals surface area contributed by atoms with Gasteiger partial charge in [-0.3, -0.25) is 4.79 Å². The number of hydrogen-bond acceptors (Lipinski definition) is 5. The number of hydrogen-bond donors (Lipinski definition) is 0. The van der Waals surface area contributed by atoms with Gasteiger partial charge in [0.1, 0.15) is 0 Å². The van der Waals surface area contributed by atoms with Crippen LogP contribution in [0.1, 0.15) is 14.5 Å². The van der Waals surface area contributed by atoms with E-state index in [1.807, 2.05) is 63.2 Å². The summed E-state index contributed by atoms with van der Waals surface area (Å²) in [6.07, 6.45) is 0. The van der Waals surface area contributed by atoms with Crippen LogP contribution in [0.15, 0.2) is 71.4 Å². The number of nitrogens with zero attached hydrogens (tertiary/aromatic N) is 2. The first-order chi connectivity index (χ1) is 14.5. The molecule has 0 fully saturated rings. The van der Waals surface area contributed by atoms with E-state index in [4.69, 9.17) is 0 Å². The second-order valence-corrected chi connectivity index (χ2v) is 9.31. The number of benzene rings is 2. The quantitative estimate of drug-likeness (QED) is 0.325. The van der Waals surface area contributed by atoms with Crippen LogP contribution in [-0.4, -0.2) is 34.0 Å². The maximum atomic E-state index is 13.7. The SMILES string of the molecule is CN(C)c1ccccc1-c1ccsc1C(=O)c1sccc1-c1ccccc1N(C)C. The van der Waals surface area contributed by atoms with Crippen molar-refractivity contribution in [3.63, 3.8) is 0 Å². The van der Waals surface area contributed by atoms with Gasteiger partial charge in [-0.1, -0.05) is 36.4 Å². The monoisotopic (exact) mass is 432 g/mol. The van der Waals surface area contributed by atoms with E-state index in [1.165, 1.54) is 22.7 Å². The van der Waals surface area contributed by atoms with Gasteiger partial charge in [0.15, 0.2) is 0 Å². The molecule has 0 aliphatic carbocycles. The molecule has 4 rings (SSSR count). The van der Waals surface area contributed by atoms with Gasteiger partial charge in [0.05, 0.1) is 9.75 Å². The first kappa shape index (κ1) is 20.4. The average molecular weight is 433 g/mol. The summed E-state index contributed by atoms with van der Waals surface area (Å²) in [5.41, 5.74) is 6.37. The normalized spacial score (nSPS) is 10.8. The molecule has 0 unspecified atom stereocenters. The van der Waals surface area contributed by atoms with Gasteiger partial charge in [-0.15, -0.1) is 22.7 Å². The van der Waals surface area contributed by atoms with Gasteiger partial charge in [-0.25, -0.2) is 0 Å². The molecule has 0 amide bonds. The average Bonchev–Trinajstić information content (AvgIpc) is 3.43. The number of para-hydroxylation sites is 2. The van der Waals surface area contributed by atoms with Gasteiger partial charge in [0, 0.05) is 61.8 Å². The first-order valence-electron chi connectivity index (χ1n) is 9.72. The number of rotatable bonds is 6. The Morgan fingerprint density at radius 2 is 1.00 bits per heavy atom. The van der Waals surface area contributed by atoms with Crippen molar-refractivity contribution in [2.75, 3.05) is 38.0 Å². The largest absolute Gasteiger partial charge is 0.377 e. The predicted molar refractivity (Wildman–Crippen MR) is 132 cm³/mol. The van der Waals surface area contributed by atoms with E-state index in [2.05, 4.69) is 46.2 Å². The molecule has 0 N–H and O–H groups in total. The Labute approximate surface area is 185 Å². The molecule has 30 heavy (non-hydrogen) atoms. The summed E-state index contributed by atoms with van der Waals surface area (Å²) >= 11 is 3.03. The Hall–Kier alpha value is -2.89. The minimum atomic E-state index is 0.0899. The third-order valence-corrected chi connectivity index (χ3v) is 6.92. The van der Waals surface area contributed by atoms with Crippen LogP contribution in [0.4, 0.5) is 11.4 Å². The maximum absolute atomic E-state index is 13.7. The van der Waals surface area contributed by atoms with E-state index in [1.54, 1.807) is 0 Å². The molecule has 2 aromatic carbocycles. The van der Waals surface area contributed by atoms with Crippen LogP contribution < -0.4 is 9.80 Å².